The molecular formula is C33H27ClN3OS+. The molecule has 0 spiro atoms. The summed E-state index contributed by atoms with van der Waals surface area (Å²) in [6, 6.07) is 20.8. The van der Waals surface area contributed by atoms with E-state index >= 15 is 0 Å². The van der Waals surface area contributed by atoms with Crippen molar-refractivity contribution in [1.82, 2.24) is 0 Å². The number of benzene rings is 2. The zero-order valence-corrected chi connectivity index (χ0v) is 23.2. The number of para-hydroxylation sites is 1. The molecule has 1 aliphatic carbocycles. The highest BCUT2D eigenvalue weighted by Gasteiger charge is 2.25. The van der Waals surface area contributed by atoms with Crippen LogP contribution in [0.4, 0.5) is 5.69 Å². The normalized spacial score (nSPS) is 17.8. The molecule has 2 aromatic carbocycles. The lowest BCUT2D eigenvalue weighted by atomic mass is 9.92. The predicted octanol–water partition coefficient (Wildman–Crippen LogP) is 8.69. The van der Waals surface area contributed by atoms with Gasteiger partial charge in [0, 0.05) is 29.0 Å². The average Bonchev–Trinajstić information content (AvgIpc) is 3.56. The quantitative estimate of drug-likeness (QED) is 0.234. The van der Waals surface area contributed by atoms with Crippen molar-refractivity contribution in [1.29, 1.82) is 5.26 Å². The molecule has 1 aliphatic heterocycles. The molecule has 4 aromatic rings. The second-order valence-corrected chi connectivity index (χ2v) is 10.9. The summed E-state index contributed by atoms with van der Waals surface area (Å²) in [5.74, 6) is 0.800. The van der Waals surface area contributed by atoms with Crippen LogP contribution in [0.1, 0.15) is 36.3 Å². The van der Waals surface area contributed by atoms with E-state index in [4.69, 9.17) is 16.0 Å². The first-order valence-electron chi connectivity index (χ1n) is 13.0. The van der Waals surface area contributed by atoms with Gasteiger partial charge in [0.25, 0.3) is 5.01 Å². The molecule has 0 radical (unpaired) electrons. The fourth-order valence-corrected chi connectivity index (χ4v) is 6.34. The second kappa shape index (κ2) is 10.9. The molecule has 0 fully saturated rings. The van der Waals surface area contributed by atoms with Crippen LogP contribution in [0.2, 0.25) is 0 Å². The number of nitrogens with zero attached hydrogens (tertiary/aromatic N) is 3. The maximum atomic E-state index is 9.66. The van der Waals surface area contributed by atoms with Crippen LogP contribution in [0.15, 0.2) is 117 Å². The molecule has 0 N–H and O–H groups in total. The number of fused-ring (bicyclic) bond motifs is 2. The van der Waals surface area contributed by atoms with Crippen LogP contribution < -0.4 is 9.30 Å². The van der Waals surface area contributed by atoms with E-state index in [2.05, 4.69) is 72.7 Å². The van der Waals surface area contributed by atoms with Crippen LogP contribution in [0.3, 0.4) is 0 Å². The van der Waals surface area contributed by atoms with Gasteiger partial charge in [0.2, 0.25) is 12.0 Å². The lowest BCUT2D eigenvalue weighted by Crippen LogP contribution is -2.19. The number of hydrogen-bond donors (Lipinski definition) is 0. The van der Waals surface area contributed by atoms with Crippen molar-refractivity contribution in [3.05, 3.63) is 123 Å². The molecule has 0 unspecified atom stereocenters. The van der Waals surface area contributed by atoms with Crippen LogP contribution in [0.5, 0.6) is 0 Å². The van der Waals surface area contributed by atoms with Crippen LogP contribution in [-0.2, 0) is 0 Å². The zero-order valence-electron chi connectivity index (χ0n) is 21.6. The number of rotatable bonds is 5. The highest BCUT2D eigenvalue weighted by molar-refractivity contribution is 7.10. The molecule has 6 rings (SSSR count). The van der Waals surface area contributed by atoms with Crippen LogP contribution in [0, 0.1) is 11.3 Å². The van der Waals surface area contributed by atoms with Crippen LogP contribution in [-0.4, -0.2) is 7.05 Å². The summed E-state index contributed by atoms with van der Waals surface area (Å²) in [5.41, 5.74) is 8.45. The Morgan fingerprint density at radius 1 is 1.10 bits per heavy atom. The summed E-state index contributed by atoms with van der Waals surface area (Å²) in [6.07, 6.45) is 15.8. The third-order valence-corrected chi connectivity index (χ3v) is 8.66. The molecule has 0 saturated heterocycles. The minimum absolute atomic E-state index is 0.292. The van der Waals surface area contributed by atoms with Crippen molar-refractivity contribution < 1.29 is 8.82 Å². The van der Waals surface area contributed by atoms with Gasteiger partial charge in [-0.3, -0.25) is 0 Å². The Balaban J connectivity index is 1.33. The number of halogens is 1. The Labute approximate surface area is 237 Å². The fourth-order valence-electron chi connectivity index (χ4n) is 5.12. The van der Waals surface area contributed by atoms with E-state index in [9.17, 15) is 5.26 Å². The Hall–Kier alpha value is -4.11. The SMILES string of the molecule is CN1/C(=C\C=C2\CCCC(/C=C(\CC#N)c3scc4oc(-c5ccccc5)c[n+]34)=C2Cl)C=Cc2ccccc21. The van der Waals surface area contributed by atoms with E-state index in [-0.39, 0.29) is 0 Å². The standard InChI is InChI=1S/C33H27ClN3OS/c1-36-28(16-14-23-8-5-6-13-29(23)36)17-15-25-11-7-12-26(32(25)34)20-27(18-19-35)33-37-21-30(38-31(37)22-39-33)24-9-3-2-4-10-24/h2-6,8-10,13-17,20-22H,7,11-12,18H2,1H3/q+1. The number of aromatic nitrogens is 1. The van der Waals surface area contributed by atoms with E-state index in [1.807, 2.05) is 46.3 Å². The Kier molecular flexibility index (Phi) is 7.06. The third-order valence-electron chi connectivity index (χ3n) is 7.17. The van der Waals surface area contributed by atoms with Crippen molar-refractivity contribution in [3.8, 4) is 17.4 Å². The molecule has 0 bridgehead atoms. The van der Waals surface area contributed by atoms with E-state index in [0.29, 0.717) is 6.42 Å². The van der Waals surface area contributed by atoms with Crippen molar-refractivity contribution in [3.63, 3.8) is 0 Å². The summed E-state index contributed by atoms with van der Waals surface area (Å²) >= 11 is 8.58. The maximum absolute atomic E-state index is 9.66. The number of likely N-dealkylation sites (N-methyl/N-ethyl adjacent to an activating group) is 1. The Morgan fingerprint density at radius 3 is 2.77 bits per heavy atom. The van der Waals surface area contributed by atoms with E-state index in [1.54, 1.807) is 11.3 Å². The molecule has 6 heteroatoms. The van der Waals surface area contributed by atoms with E-state index < -0.39 is 0 Å². The van der Waals surface area contributed by atoms with Gasteiger partial charge in [0.15, 0.2) is 0 Å². The van der Waals surface area contributed by atoms with Crippen molar-refractivity contribution in [2.45, 2.75) is 25.7 Å². The smallest absolute Gasteiger partial charge is 0.390 e. The summed E-state index contributed by atoms with van der Waals surface area (Å²) < 4.78 is 8.15. The average molecular weight is 549 g/mol. The molecule has 3 heterocycles. The van der Waals surface area contributed by atoms with Gasteiger partial charge in [-0.25, -0.2) is 0 Å². The fraction of sp³-hybridized carbons (Fsp3) is 0.152. The lowest BCUT2D eigenvalue weighted by molar-refractivity contribution is -0.510. The Morgan fingerprint density at radius 2 is 1.92 bits per heavy atom. The van der Waals surface area contributed by atoms with Gasteiger partial charge in [-0.05, 0) is 60.3 Å². The minimum atomic E-state index is 0.292. The molecule has 2 aromatic heterocycles. The third kappa shape index (κ3) is 5.02. The topological polar surface area (TPSA) is 44.3 Å². The molecule has 192 valence electrons. The van der Waals surface area contributed by atoms with Gasteiger partial charge in [-0.15, -0.1) is 4.40 Å². The highest BCUT2D eigenvalue weighted by atomic mass is 35.5. The van der Waals surface area contributed by atoms with Gasteiger partial charge in [-0.2, -0.15) is 5.26 Å². The summed E-state index contributed by atoms with van der Waals surface area (Å²) in [7, 11) is 2.09. The molecule has 0 saturated carbocycles. The largest absolute Gasteiger partial charge is 0.397 e. The number of nitriles is 1. The maximum Gasteiger partial charge on any atom is 0.390 e. The first-order chi connectivity index (χ1) is 19.1. The minimum Gasteiger partial charge on any atom is -0.397 e. The summed E-state index contributed by atoms with van der Waals surface area (Å²) in [6.45, 7) is 0. The first kappa shape index (κ1) is 25.2. The van der Waals surface area contributed by atoms with Crippen LogP contribution in [0.25, 0.3) is 28.7 Å². The van der Waals surface area contributed by atoms with Crippen molar-refractivity contribution in [2.75, 3.05) is 11.9 Å². The van der Waals surface area contributed by atoms with Gasteiger partial charge >= 0.3 is 5.71 Å². The zero-order chi connectivity index (χ0) is 26.8. The van der Waals surface area contributed by atoms with Crippen LogP contribution >= 0.6 is 22.9 Å². The number of hydrogen-bond acceptors (Lipinski definition) is 4. The number of anilines is 1. The number of oxazole rings is 1. The highest BCUT2D eigenvalue weighted by Crippen LogP contribution is 2.36. The summed E-state index contributed by atoms with van der Waals surface area (Å²) in [4.78, 5) is 2.20. The van der Waals surface area contributed by atoms with Crippen molar-refractivity contribution >= 4 is 46.0 Å². The van der Waals surface area contributed by atoms with Crippen molar-refractivity contribution in [2.24, 2.45) is 0 Å². The number of allylic oxidation sites excluding steroid dienone is 8. The molecule has 2 aliphatic rings. The molecule has 0 amide bonds. The molecule has 4 nitrogen and oxygen atoms in total. The van der Waals surface area contributed by atoms with Gasteiger partial charge < -0.3 is 9.32 Å². The van der Waals surface area contributed by atoms with Gasteiger partial charge in [0.05, 0.1) is 18.1 Å². The molecule has 39 heavy (non-hydrogen) atoms. The first-order valence-corrected chi connectivity index (χ1v) is 14.2. The monoisotopic (exact) mass is 548 g/mol. The molecule has 0 atom stereocenters. The van der Waals surface area contributed by atoms with E-state index in [1.165, 1.54) is 11.3 Å². The number of thiazole rings is 1. The van der Waals surface area contributed by atoms with Gasteiger partial charge in [-0.1, -0.05) is 83.6 Å². The van der Waals surface area contributed by atoms with Gasteiger partial charge in [0.1, 0.15) is 5.38 Å². The van der Waals surface area contributed by atoms with E-state index in [0.717, 1.165) is 68.8 Å². The lowest BCUT2D eigenvalue weighted by Gasteiger charge is -2.26. The predicted molar refractivity (Wildman–Crippen MR) is 160 cm³/mol. The summed E-state index contributed by atoms with van der Waals surface area (Å²) in [5, 5.41) is 13.4. The second-order valence-electron chi connectivity index (χ2n) is 9.64. The molecular weight excluding hydrogens is 522 g/mol. The Bertz CT molecular complexity index is 1740.